The molecule has 0 unspecified atom stereocenters. The molecule has 130 valence electrons. The van der Waals surface area contributed by atoms with E-state index < -0.39 is 4.92 Å². The van der Waals surface area contributed by atoms with Crippen LogP contribution in [0.5, 0.6) is 0 Å². The summed E-state index contributed by atoms with van der Waals surface area (Å²) in [6, 6.07) is 13.9. The first kappa shape index (κ1) is 17.4. The normalized spacial score (nSPS) is 10.8. The number of nitrogens with zero attached hydrogens (tertiary/aromatic N) is 3. The van der Waals surface area contributed by atoms with E-state index >= 15 is 0 Å². The molecule has 0 saturated carbocycles. The van der Waals surface area contributed by atoms with E-state index in [1.165, 1.54) is 35.6 Å². The van der Waals surface area contributed by atoms with Crippen LogP contribution in [0.4, 0.5) is 10.8 Å². The van der Waals surface area contributed by atoms with Gasteiger partial charge in [-0.05, 0) is 18.6 Å². The van der Waals surface area contributed by atoms with Gasteiger partial charge in [0.05, 0.1) is 4.92 Å². The standard InChI is InChI=1S/C18H14N4O3S/c1-12-5-8-14(9-6-12)17-20-21-18(26-17)19-16(23)10-7-13-3-2-4-15(11-13)22(24)25/h2-11H,1H3,(H,19,21,23)/b10-7+. The van der Waals surface area contributed by atoms with Crippen LogP contribution >= 0.6 is 11.3 Å². The van der Waals surface area contributed by atoms with Gasteiger partial charge in [0.15, 0.2) is 0 Å². The summed E-state index contributed by atoms with van der Waals surface area (Å²) in [5.74, 6) is -0.386. The molecule has 0 fully saturated rings. The summed E-state index contributed by atoms with van der Waals surface area (Å²) >= 11 is 1.27. The topological polar surface area (TPSA) is 98.0 Å². The predicted octanol–water partition coefficient (Wildman–Crippen LogP) is 4.07. The Morgan fingerprint density at radius 1 is 1.19 bits per heavy atom. The van der Waals surface area contributed by atoms with Gasteiger partial charge >= 0.3 is 0 Å². The van der Waals surface area contributed by atoms with Crippen LogP contribution in [-0.4, -0.2) is 21.0 Å². The Morgan fingerprint density at radius 2 is 1.96 bits per heavy atom. The van der Waals surface area contributed by atoms with E-state index in [1.54, 1.807) is 12.1 Å². The highest BCUT2D eigenvalue weighted by Crippen LogP contribution is 2.26. The van der Waals surface area contributed by atoms with E-state index in [1.807, 2.05) is 31.2 Å². The second kappa shape index (κ2) is 7.66. The predicted molar refractivity (Wildman–Crippen MR) is 101 cm³/mol. The average molecular weight is 366 g/mol. The zero-order valence-corrected chi connectivity index (χ0v) is 14.6. The minimum absolute atomic E-state index is 0.0283. The number of carbonyl (C=O) groups excluding carboxylic acids is 1. The minimum atomic E-state index is -0.481. The summed E-state index contributed by atoms with van der Waals surface area (Å²) in [7, 11) is 0. The Balaban J connectivity index is 1.66. The zero-order valence-electron chi connectivity index (χ0n) is 13.7. The first-order valence-corrected chi connectivity index (χ1v) is 8.47. The molecule has 0 aliphatic carbocycles. The number of nitrogens with one attached hydrogen (secondary N) is 1. The lowest BCUT2D eigenvalue weighted by Crippen LogP contribution is -2.07. The molecular weight excluding hydrogens is 352 g/mol. The van der Waals surface area contributed by atoms with Crippen LogP contribution in [-0.2, 0) is 4.79 Å². The Kier molecular flexibility index (Phi) is 5.14. The number of carbonyl (C=O) groups is 1. The number of nitro benzene ring substituents is 1. The van der Waals surface area contributed by atoms with Gasteiger partial charge in [-0.1, -0.05) is 53.3 Å². The fourth-order valence-corrected chi connectivity index (χ4v) is 2.90. The Bertz CT molecular complexity index is 980. The fraction of sp³-hybridized carbons (Fsp3) is 0.0556. The average Bonchev–Trinajstić information content (AvgIpc) is 3.09. The smallest absolute Gasteiger partial charge is 0.270 e. The van der Waals surface area contributed by atoms with E-state index in [0.717, 1.165) is 11.1 Å². The summed E-state index contributed by atoms with van der Waals surface area (Å²) < 4.78 is 0. The van der Waals surface area contributed by atoms with Gasteiger partial charge in [0, 0.05) is 23.8 Å². The van der Waals surface area contributed by atoms with Gasteiger partial charge < -0.3 is 0 Å². The lowest BCUT2D eigenvalue weighted by atomic mass is 10.2. The lowest BCUT2D eigenvalue weighted by Gasteiger charge is -1.97. The minimum Gasteiger partial charge on any atom is -0.297 e. The fourth-order valence-electron chi connectivity index (χ4n) is 2.15. The van der Waals surface area contributed by atoms with Crippen molar-refractivity contribution in [2.75, 3.05) is 5.32 Å². The number of anilines is 1. The number of aromatic nitrogens is 2. The van der Waals surface area contributed by atoms with Crippen molar-refractivity contribution < 1.29 is 9.72 Å². The van der Waals surface area contributed by atoms with Crippen LogP contribution in [0.15, 0.2) is 54.6 Å². The third kappa shape index (κ3) is 4.37. The van der Waals surface area contributed by atoms with Crippen LogP contribution in [0.25, 0.3) is 16.6 Å². The molecular formula is C18H14N4O3S. The molecule has 1 aromatic heterocycles. The number of amides is 1. The largest absolute Gasteiger partial charge is 0.297 e. The molecule has 3 rings (SSSR count). The Labute approximate surface area is 153 Å². The van der Waals surface area contributed by atoms with Gasteiger partial charge in [-0.15, -0.1) is 10.2 Å². The molecule has 0 spiro atoms. The van der Waals surface area contributed by atoms with Gasteiger partial charge in [-0.25, -0.2) is 0 Å². The maximum Gasteiger partial charge on any atom is 0.270 e. The molecule has 2 aromatic carbocycles. The maximum absolute atomic E-state index is 12.0. The SMILES string of the molecule is Cc1ccc(-c2nnc(NC(=O)/C=C/c3cccc([N+](=O)[O-])c3)s2)cc1. The number of benzene rings is 2. The molecule has 0 bridgehead atoms. The number of rotatable bonds is 5. The summed E-state index contributed by atoms with van der Waals surface area (Å²) in [6.07, 6.45) is 2.80. The number of hydrogen-bond acceptors (Lipinski definition) is 6. The monoisotopic (exact) mass is 366 g/mol. The van der Waals surface area contributed by atoms with E-state index in [9.17, 15) is 14.9 Å². The number of nitro groups is 1. The summed E-state index contributed by atoms with van der Waals surface area (Å²) in [5, 5.41) is 22.5. The van der Waals surface area contributed by atoms with Gasteiger partial charge in [0.1, 0.15) is 5.01 Å². The first-order chi connectivity index (χ1) is 12.5. The van der Waals surface area contributed by atoms with Crippen molar-refractivity contribution in [1.82, 2.24) is 10.2 Å². The first-order valence-electron chi connectivity index (χ1n) is 7.65. The molecule has 0 saturated heterocycles. The molecule has 1 N–H and O–H groups in total. The van der Waals surface area contributed by atoms with Crippen molar-refractivity contribution >= 4 is 34.1 Å². The molecule has 7 nitrogen and oxygen atoms in total. The molecule has 8 heteroatoms. The second-order valence-electron chi connectivity index (χ2n) is 5.45. The van der Waals surface area contributed by atoms with Gasteiger partial charge in [0.2, 0.25) is 11.0 Å². The van der Waals surface area contributed by atoms with Crippen LogP contribution in [0.2, 0.25) is 0 Å². The van der Waals surface area contributed by atoms with Crippen molar-refractivity contribution in [3.05, 3.63) is 75.8 Å². The van der Waals surface area contributed by atoms with Crippen molar-refractivity contribution in [1.29, 1.82) is 0 Å². The van der Waals surface area contributed by atoms with Crippen molar-refractivity contribution in [3.8, 4) is 10.6 Å². The Hall–Kier alpha value is -3.39. The summed E-state index contributed by atoms with van der Waals surface area (Å²) in [5.41, 5.74) is 2.62. The highest BCUT2D eigenvalue weighted by atomic mass is 32.1. The lowest BCUT2D eigenvalue weighted by molar-refractivity contribution is -0.384. The molecule has 0 aliphatic rings. The molecule has 0 radical (unpaired) electrons. The van der Waals surface area contributed by atoms with Gasteiger partial charge in [0.25, 0.3) is 5.69 Å². The van der Waals surface area contributed by atoms with Crippen LogP contribution in [0.1, 0.15) is 11.1 Å². The van der Waals surface area contributed by atoms with Gasteiger partial charge in [-0.3, -0.25) is 20.2 Å². The van der Waals surface area contributed by atoms with E-state index in [4.69, 9.17) is 0 Å². The van der Waals surface area contributed by atoms with Crippen molar-refractivity contribution in [3.63, 3.8) is 0 Å². The molecule has 3 aromatic rings. The molecule has 26 heavy (non-hydrogen) atoms. The van der Waals surface area contributed by atoms with E-state index in [2.05, 4.69) is 15.5 Å². The highest BCUT2D eigenvalue weighted by molar-refractivity contribution is 7.18. The molecule has 1 heterocycles. The zero-order chi connectivity index (χ0) is 18.5. The van der Waals surface area contributed by atoms with Crippen LogP contribution in [0.3, 0.4) is 0 Å². The highest BCUT2D eigenvalue weighted by Gasteiger charge is 2.08. The number of hydrogen-bond donors (Lipinski definition) is 1. The Morgan fingerprint density at radius 3 is 2.69 bits per heavy atom. The van der Waals surface area contributed by atoms with Crippen molar-refractivity contribution in [2.24, 2.45) is 0 Å². The number of aryl methyl sites for hydroxylation is 1. The summed E-state index contributed by atoms with van der Waals surface area (Å²) in [4.78, 5) is 22.3. The van der Waals surface area contributed by atoms with Crippen molar-refractivity contribution in [2.45, 2.75) is 6.92 Å². The van der Waals surface area contributed by atoms with Gasteiger partial charge in [-0.2, -0.15) is 0 Å². The van der Waals surface area contributed by atoms with E-state index in [0.29, 0.717) is 15.7 Å². The quantitative estimate of drug-likeness (QED) is 0.417. The third-order valence-electron chi connectivity index (χ3n) is 3.46. The van der Waals surface area contributed by atoms with Crippen LogP contribution in [0, 0.1) is 17.0 Å². The molecule has 1 amide bonds. The van der Waals surface area contributed by atoms with E-state index in [-0.39, 0.29) is 11.6 Å². The number of non-ortho nitro benzene ring substituents is 1. The third-order valence-corrected chi connectivity index (χ3v) is 4.35. The van der Waals surface area contributed by atoms with Crippen LogP contribution < -0.4 is 5.32 Å². The second-order valence-corrected chi connectivity index (χ2v) is 6.43. The summed E-state index contributed by atoms with van der Waals surface area (Å²) in [6.45, 7) is 2.00. The molecule has 0 aliphatic heterocycles. The molecule has 0 atom stereocenters. The maximum atomic E-state index is 12.0.